The van der Waals surface area contributed by atoms with Crippen molar-refractivity contribution in [2.45, 2.75) is 20.3 Å². The fourth-order valence-electron chi connectivity index (χ4n) is 1.40. The lowest BCUT2D eigenvalue weighted by molar-refractivity contribution is 0.101. The van der Waals surface area contributed by atoms with Crippen molar-refractivity contribution in [1.29, 1.82) is 0 Å². The van der Waals surface area contributed by atoms with E-state index >= 15 is 0 Å². The van der Waals surface area contributed by atoms with Gasteiger partial charge in [0.15, 0.2) is 5.78 Å². The van der Waals surface area contributed by atoms with Gasteiger partial charge in [-0.2, -0.15) is 0 Å². The third kappa shape index (κ3) is 4.82. The standard InChI is InChI=1S/C14H18N2O2/c1-3-4-5-10-15-14(18)16-13-8-6-12(7-9-13)11(2)17/h3-4,6-9H,5,10H2,1-2H3,(H2,15,16,18)/b4-3+. The number of allylic oxidation sites excluding steroid dienone is 1. The van der Waals surface area contributed by atoms with E-state index < -0.39 is 0 Å². The van der Waals surface area contributed by atoms with Crippen LogP contribution in [0.15, 0.2) is 36.4 Å². The molecule has 1 aromatic rings. The topological polar surface area (TPSA) is 58.2 Å². The summed E-state index contributed by atoms with van der Waals surface area (Å²) in [4.78, 5) is 22.6. The average Bonchev–Trinajstić information content (AvgIpc) is 2.35. The SMILES string of the molecule is C/C=C/CCNC(=O)Nc1ccc(C(C)=O)cc1. The van der Waals surface area contributed by atoms with Crippen molar-refractivity contribution in [3.8, 4) is 0 Å². The molecule has 0 aliphatic rings. The van der Waals surface area contributed by atoms with E-state index in [9.17, 15) is 9.59 Å². The van der Waals surface area contributed by atoms with Crippen LogP contribution in [-0.2, 0) is 0 Å². The molecule has 1 aromatic carbocycles. The van der Waals surface area contributed by atoms with Gasteiger partial charge in [-0.3, -0.25) is 4.79 Å². The first-order valence-electron chi connectivity index (χ1n) is 5.90. The van der Waals surface area contributed by atoms with Gasteiger partial charge in [-0.1, -0.05) is 12.2 Å². The molecular formula is C14H18N2O2. The molecule has 0 spiro atoms. The molecule has 4 heteroatoms. The second-order valence-corrected chi connectivity index (χ2v) is 3.87. The van der Waals surface area contributed by atoms with Gasteiger partial charge in [-0.25, -0.2) is 4.79 Å². The van der Waals surface area contributed by atoms with Crippen LogP contribution in [0, 0.1) is 0 Å². The van der Waals surface area contributed by atoms with Crippen LogP contribution in [0.4, 0.5) is 10.5 Å². The zero-order chi connectivity index (χ0) is 13.4. The fourth-order valence-corrected chi connectivity index (χ4v) is 1.40. The van der Waals surface area contributed by atoms with Gasteiger partial charge in [0.1, 0.15) is 0 Å². The van der Waals surface area contributed by atoms with Gasteiger partial charge in [0.2, 0.25) is 0 Å². The molecule has 0 aliphatic carbocycles. The third-order valence-corrected chi connectivity index (χ3v) is 2.38. The van der Waals surface area contributed by atoms with Gasteiger partial charge in [0, 0.05) is 17.8 Å². The Balaban J connectivity index is 2.42. The van der Waals surface area contributed by atoms with Crippen molar-refractivity contribution >= 4 is 17.5 Å². The zero-order valence-corrected chi connectivity index (χ0v) is 10.7. The number of amides is 2. The quantitative estimate of drug-likeness (QED) is 0.476. The van der Waals surface area contributed by atoms with E-state index in [4.69, 9.17) is 0 Å². The highest BCUT2D eigenvalue weighted by Crippen LogP contribution is 2.09. The minimum absolute atomic E-state index is 0.0114. The van der Waals surface area contributed by atoms with E-state index in [0.717, 1.165) is 6.42 Å². The Morgan fingerprint density at radius 2 is 1.89 bits per heavy atom. The first-order valence-corrected chi connectivity index (χ1v) is 5.90. The molecule has 0 radical (unpaired) electrons. The Hall–Kier alpha value is -2.10. The van der Waals surface area contributed by atoms with E-state index in [1.54, 1.807) is 24.3 Å². The molecule has 96 valence electrons. The zero-order valence-electron chi connectivity index (χ0n) is 10.7. The molecular weight excluding hydrogens is 228 g/mol. The number of ketones is 1. The van der Waals surface area contributed by atoms with Crippen LogP contribution in [0.5, 0.6) is 0 Å². The van der Waals surface area contributed by atoms with Crippen LogP contribution >= 0.6 is 0 Å². The maximum atomic E-state index is 11.5. The van der Waals surface area contributed by atoms with E-state index in [-0.39, 0.29) is 11.8 Å². The summed E-state index contributed by atoms with van der Waals surface area (Å²) in [6, 6.07) is 6.56. The number of nitrogens with one attached hydrogen (secondary N) is 2. The van der Waals surface area contributed by atoms with Crippen molar-refractivity contribution < 1.29 is 9.59 Å². The second kappa shape index (κ2) is 7.27. The summed E-state index contributed by atoms with van der Waals surface area (Å²) in [5.74, 6) is 0.0114. The van der Waals surface area contributed by atoms with E-state index in [2.05, 4.69) is 10.6 Å². The molecule has 2 amide bonds. The Kier molecular flexibility index (Phi) is 5.64. The molecule has 0 aliphatic heterocycles. The van der Waals surface area contributed by atoms with Crippen molar-refractivity contribution in [3.63, 3.8) is 0 Å². The number of hydrogen-bond acceptors (Lipinski definition) is 2. The van der Waals surface area contributed by atoms with Crippen molar-refractivity contribution in [2.24, 2.45) is 0 Å². The fraction of sp³-hybridized carbons (Fsp3) is 0.286. The van der Waals surface area contributed by atoms with Crippen LogP contribution in [0.1, 0.15) is 30.6 Å². The first-order chi connectivity index (χ1) is 8.63. The smallest absolute Gasteiger partial charge is 0.319 e. The van der Waals surface area contributed by atoms with Crippen LogP contribution in [0.2, 0.25) is 0 Å². The Morgan fingerprint density at radius 1 is 1.22 bits per heavy atom. The number of urea groups is 1. The summed E-state index contributed by atoms with van der Waals surface area (Å²) in [6.07, 6.45) is 4.75. The molecule has 0 unspecified atom stereocenters. The lowest BCUT2D eigenvalue weighted by atomic mass is 10.1. The summed E-state index contributed by atoms with van der Waals surface area (Å²) in [6.45, 7) is 4.05. The largest absolute Gasteiger partial charge is 0.338 e. The monoisotopic (exact) mass is 246 g/mol. The predicted octanol–water partition coefficient (Wildman–Crippen LogP) is 2.98. The van der Waals surface area contributed by atoms with Gasteiger partial charge in [0.05, 0.1) is 0 Å². The van der Waals surface area contributed by atoms with E-state index in [0.29, 0.717) is 17.8 Å². The summed E-state index contributed by atoms with van der Waals surface area (Å²) in [5, 5.41) is 5.43. The summed E-state index contributed by atoms with van der Waals surface area (Å²) < 4.78 is 0. The third-order valence-electron chi connectivity index (χ3n) is 2.38. The maximum absolute atomic E-state index is 11.5. The minimum Gasteiger partial charge on any atom is -0.338 e. The lowest BCUT2D eigenvalue weighted by Gasteiger charge is -2.06. The number of anilines is 1. The molecule has 0 saturated carbocycles. The van der Waals surface area contributed by atoms with E-state index in [1.807, 2.05) is 19.1 Å². The van der Waals surface area contributed by atoms with Crippen molar-refractivity contribution in [3.05, 3.63) is 42.0 Å². The minimum atomic E-state index is -0.241. The summed E-state index contributed by atoms with van der Waals surface area (Å²) >= 11 is 0. The average molecular weight is 246 g/mol. The summed E-state index contributed by atoms with van der Waals surface area (Å²) in [7, 11) is 0. The normalized spacial score (nSPS) is 10.3. The van der Waals surface area contributed by atoms with Gasteiger partial charge in [-0.05, 0) is 44.5 Å². The van der Waals surface area contributed by atoms with Gasteiger partial charge in [0.25, 0.3) is 0 Å². The second-order valence-electron chi connectivity index (χ2n) is 3.87. The van der Waals surface area contributed by atoms with Crippen LogP contribution in [0.3, 0.4) is 0 Å². The highest BCUT2D eigenvalue weighted by atomic mass is 16.2. The summed E-state index contributed by atoms with van der Waals surface area (Å²) in [5.41, 5.74) is 1.30. The number of Topliss-reactive ketones (excluding diaryl/α,β-unsaturated/α-hetero) is 1. The molecule has 4 nitrogen and oxygen atoms in total. The maximum Gasteiger partial charge on any atom is 0.319 e. The molecule has 0 fully saturated rings. The molecule has 18 heavy (non-hydrogen) atoms. The lowest BCUT2D eigenvalue weighted by Crippen LogP contribution is -2.29. The highest BCUT2D eigenvalue weighted by molar-refractivity contribution is 5.95. The molecule has 0 bridgehead atoms. The van der Waals surface area contributed by atoms with Crippen molar-refractivity contribution in [2.75, 3.05) is 11.9 Å². The van der Waals surface area contributed by atoms with Crippen LogP contribution in [0.25, 0.3) is 0 Å². The molecule has 0 aromatic heterocycles. The number of benzene rings is 1. The highest BCUT2D eigenvalue weighted by Gasteiger charge is 2.02. The van der Waals surface area contributed by atoms with Crippen LogP contribution in [-0.4, -0.2) is 18.4 Å². The predicted molar refractivity (Wildman–Crippen MR) is 72.9 cm³/mol. The van der Waals surface area contributed by atoms with Gasteiger partial charge >= 0.3 is 6.03 Å². The first kappa shape index (κ1) is 14.0. The number of carbonyl (C=O) groups is 2. The molecule has 0 heterocycles. The molecule has 0 atom stereocenters. The Labute approximate surface area is 107 Å². The van der Waals surface area contributed by atoms with Gasteiger partial charge < -0.3 is 10.6 Å². The van der Waals surface area contributed by atoms with E-state index in [1.165, 1.54) is 6.92 Å². The molecule has 2 N–H and O–H groups in total. The number of hydrogen-bond donors (Lipinski definition) is 2. The Morgan fingerprint density at radius 3 is 2.44 bits per heavy atom. The van der Waals surface area contributed by atoms with Crippen LogP contribution < -0.4 is 10.6 Å². The Bertz CT molecular complexity index is 436. The van der Waals surface area contributed by atoms with Crippen molar-refractivity contribution in [1.82, 2.24) is 5.32 Å². The van der Waals surface area contributed by atoms with Gasteiger partial charge in [-0.15, -0.1) is 0 Å². The number of rotatable bonds is 5. The number of carbonyl (C=O) groups excluding carboxylic acids is 2. The molecule has 0 saturated heterocycles. The molecule has 1 rings (SSSR count).